The molecule has 0 atom stereocenters. The normalized spacial score (nSPS) is 10.3. The molecule has 0 spiro atoms. The number of halogens is 2. The van der Waals surface area contributed by atoms with Gasteiger partial charge in [0.2, 0.25) is 0 Å². The molecule has 0 fully saturated rings. The number of ether oxygens (including phenoxy) is 1. The highest BCUT2D eigenvalue weighted by Crippen LogP contribution is 2.26. The van der Waals surface area contributed by atoms with E-state index in [1.807, 2.05) is 26.0 Å². The summed E-state index contributed by atoms with van der Waals surface area (Å²) < 4.78 is 19.0. The number of anilines is 1. The average Bonchev–Trinajstić information content (AvgIpc) is 2.45. The van der Waals surface area contributed by atoms with Gasteiger partial charge in [-0.25, -0.2) is 4.39 Å². The Bertz CT molecular complexity index is 673. The lowest BCUT2D eigenvalue weighted by Crippen LogP contribution is -2.13. The van der Waals surface area contributed by atoms with Crippen LogP contribution in [0.25, 0.3) is 0 Å². The molecule has 0 aliphatic carbocycles. The number of benzene rings is 2. The number of amides is 1. The van der Waals surface area contributed by atoms with Crippen molar-refractivity contribution in [3.8, 4) is 5.75 Å². The lowest BCUT2D eigenvalue weighted by molar-refractivity contribution is 0.102. The van der Waals surface area contributed by atoms with Gasteiger partial charge in [0.1, 0.15) is 11.6 Å². The molecule has 0 saturated carbocycles. The van der Waals surface area contributed by atoms with Crippen LogP contribution in [0.1, 0.15) is 22.8 Å². The summed E-state index contributed by atoms with van der Waals surface area (Å²) in [4.78, 5) is 12.2. The first-order valence-corrected chi connectivity index (χ1v) is 7.30. The van der Waals surface area contributed by atoms with Crippen molar-refractivity contribution in [1.29, 1.82) is 0 Å². The van der Waals surface area contributed by atoms with Gasteiger partial charge >= 0.3 is 0 Å². The van der Waals surface area contributed by atoms with E-state index in [1.165, 1.54) is 18.2 Å². The first-order chi connectivity index (χ1) is 10.0. The Balaban J connectivity index is 2.24. The molecule has 0 aromatic heterocycles. The van der Waals surface area contributed by atoms with E-state index in [-0.39, 0.29) is 10.4 Å². The van der Waals surface area contributed by atoms with E-state index in [0.29, 0.717) is 23.6 Å². The third kappa shape index (κ3) is 3.82. The maximum atomic E-state index is 13.2. The van der Waals surface area contributed by atoms with Gasteiger partial charge in [-0.3, -0.25) is 4.79 Å². The summed E-state index contributed by atoms with van der Waals surface area (Å²) in [7, 11) is 0. The molecular formula is C16H15BrFNO2. The van der Waals surface area contributed by atoms with Crippen LogP contribution in [0.3, 0.4) is 0 Å². The minimum Gasteiger partial charge on any atom is -0.492 e. The summed E-state index contributed by atoms with van der Waals surface area (Å²) in [6.07, 6.45) is 0. The van der Waals surface area contributed by atoms with E-state index in [9.17, 15) is 9.18 Å². The van der Waals surface area contributed by atoms with E-state index in [1.54, 1.807) is 6.07 Å². The zero-order valence-electron chi connectivity index (χ0n) is 11.7. The van der Waals surface area contributed by atoms with Crippen molar-refractivity contribution in [2.24, 2.45) is 0 Å². The van der Waals surface area contributed by atoms with Gasteiger partial charge < -0.3 is 10.1 Å². The third-order valence-electron chi connectivity index (χ3n) is 2.87. The molecule has 21 heavy (non-hydrogen) atoms. The van der Waals surface area contributed by atoms with Crippen molar-refractivity contribution in [2.75, 3.05) is 11.9 Å². The number of carbonyl (C=O) groups excluding carboxylic acids is 1. The molecule has 2 aromatic rings. The van der Waals surface area contributed by atoms with Crippen LogP contribution >= 0.6 is 15.9 Å². The highest BCUT2D eigenvalue weighted by molar-refractivity contribution is 9.10. The van der Waals surface area contributed by atoms with E-state index >= 15 is 0 Å². The Kier molecular flexibility index (Phi) is 4.96. The molecule has 1 amide bonds. The summed E-state index contributed by atoms with van der Waals surface area (Å²) in [5.74, 6) is -0.107. The van der Waals surface area contributed by atoms with Crippen molar-refractivity contribution < 1.29 is 13.9 Å². The molecule has 0 bridgehead atoms. The number of aryl methyl sites for hydroxylation is 1. The molecule has 1 N–H and O–H groups in total. The van der Waals surface area contributed by atoms with Crippen molar-refractivity contribution in [1.82, 2.24) is 0 Å². The van der Waals surface area contributed by atoms with Crippen molar-refractivity contribution in [3.05, 3.63) is 57.8 Å². The summed E-state index contributed by atoms with van der Waals surface area (Å²) >= 11 is 3.07. The zero-order valence-corrected chi connectivity index (χ0v) is 13.3. The molecule has 5 heteroatoms. The number of rotatable bonds is 4. The first-order valence-electron chi connectivity index (χ1n) is 6.51. The van der Waals surface area contributed by atoms with Crippen LogP contribution in [0.4, 0.5) is 10.1 Å². The molecular weight excluding hydrogens is 337 g/mol. The van der Waals surface area contributed by atoms with E-state index < -0.39 is 5.82 Å². The maximum Gasteiger partial charge on any atom is 0.255 e. The predicted octanol–water partition coefficient (Wildman–Crippen LogP) is 4.55. The molecule has 3 nitrogen and oxygen atoms in total. The van der Waals surface area contributed by atoms with Crippen LogP contribution in [-0.4, -0.2) is 12.5 Å². The summed E-state index contributed by atoms with van der Waals surface area (Å²) in [5, 5.41) is 2.78. The van der Waals surface area contributed by atoms with Gasteiger partial charge in [0, 0.05) is 5.56 Å². The Labute approximate surface area is 131 Å². The number of carbonyl (C=O) groups is 1. The fourth-order valence-electron chi connectivity index (χ4n) is 1.84. The molecule has 0 radical (unpaired) electrons. The second-order valence-corrected chi connectivity index (χ2v) is 5.37. The summed E-state index contributed by atoms with van der Waals surface area (Å²) in [5.41, 5.74) is 2.00. The maximum absolute atomic E-state index is 13.2. The van der Waals surface area contributed by atoms with Crippen LogP contribution in [0, 0.1) is 12.7 Å². The molecule has 0 aliphatic rings. The Morgan fingerprint density at radius 1 is 1.29 bits per heavy atom. The minimum absolute atomic E-state index is 0.254. The number of hydrogen-bond acceptors (Lipinski definition) is 2. The largest absolute Gasteiger partial charge is 0.492 e. The molecule has 0 aliphatic heterocycles. The van der Waals surface area contributed by atoms with E-state index in [0.717, 1.165) is 5.56 Å². The van der Waals surface area contributed by atoms with Gasteiger partial charge in [-0.1, -0.05) is 6.07 Å². The summed E-state index contributed by atoms with van der Waals surface area (Å²) in [6.45, 7) is 4.34. The predicted molar refractivity (Wildman–Crippen MR) is 84.4 cm³/mol. The Hall–Kier alpha value is -1.88. The third-order valence-corrected chi connectivity index (χ3v) is 3.47. The van der Waals surface area contributed by atoms with Crippen LogP contribution in [0.15, 0.2) is 40.9 Å². The molecule has 0 unspecified atom stereocenters. The molecule has 0 saturated heterocycles. The molecule has 2 rings (SSSR count). The molecule has 2 aromatic carbocycles. The lowest BCUT2D eigenvalue weighted by atomic mass is 10.1. The number of hydrogen-bond donors (Lipinski definition) is 1. The lowest BCUT2D eigenvalue weighted by Gasteiger charge is -2.12. The monoisotopic (exact) mass is 351 g/mol. The van der Waals surface area contributed by atoms with Crippen molar-refractivity contribution >= 4 is 27.5 Å². The van der Waals surface area contributed by atoms with E-state index in [2.05, 4.69) is 21.2 Å². The van der Waals surface area contributed by atoms with Gasteiger partial charge in [0.25, 0.3) is 5.91 Å². The molecule has 110 valence electrons. The van der Waals surface area contributed by atoms with Gasteiger partial charge in [-0.2, -0.15) is 0 Å². The minimum atomic E-state index is -0.406. The van der Waals surface area contributed by atoms with Crippen LogP contribution < -0.4 is 10.1 Å². The van der Waals surface area contributed by atoms with Crippen LogP contribution in [-0.2, 0) is 0 Å². The molecule has 0 heterocycles. The fourth-order valence-corrected chi connectivity index (χ4v) is 2.22. The second kappa shape index (κ2) is 6.72. The Morgan fingerprint density at radius 3 is 2.71 bits per heavy atom. The van der Waals surface area contributed by atoms with Crippen molar-refractivity contribution in [2.45, 2.75) is 13.8 Å². The van der Waals surface area contributed by atoms with Gasteiger partial charge in [0.05, 0.1) is 16.8 Å². The van der Waals surface area contributed by atoms with Crippen LogP contribution in [0.5, 0.6) is 5.75 Å². The second-order valence-electron chi connectivity index (χ2n) is 4.52. The zero-order chi connectivity index (χ0) is 15.4. The van der Waals surface area contributed by atoms with Crippen LogP contribution in [0.2, 0.25) is 0 Å². The highest BCUT2D eigenvalue weighted by atomic mass is 79.9. The topological polar surface area (TPSA) is 38.3 Å². The highest BCUT2D eigenvalue weighted by Gasteiger charge is 2.12. The van der Waals surface area contributed by atoms with E-state index in [4.69, 9.17) is 4.74 Å². The van der Waals surface area contributed by atoms with Gasteiger partial charge in [-0.15, -0.1) is 0 Å². The van der Waals surface area contributed by atoms with Crippen molar-refractivity contribution in [3.63, 3.8) is 0 Å². The summed E-state index contributed by atoms with van der Waals surface area (Å²) in [6, 6.07) is 9.66. The smallest absolute Gasteiger partial charge is 0.255 e. The van der Waals surface area contributed by atoms with Gasteiger partial charge in [0.15, 0.2) is 0 Å². The standard InChI is InChI=1S/C16H15BrFNO2/c1-3-21-15-8-10(2)4-7-14(15)19-16(20)11-5-6-13(18)12(17)9-11/h4-9H,3H2,1-2H3,(H,19,20). The number of nitrogens with one attached hydrogen (secondary N) is 1. The average molecular weight is 352 g/mol. The fraction of sp³-hybridized carbons (Fsp3) is 0.188. The van der Waals surface area contributed by atoms with Gasteiger partial charge in [-0.05, 0) is 65.7 Å². The SMILES string of the molecule is CCOc1cc(C)ccc1NC(=O)c1ccc(F)c(Br)c1. The quantitative estimate of drug-likeness (QED) is 0.877. The Morgan fingerprint density at radius 2 is 2.05 bits per heavy atom. The first kappa shape index (κ1) is 15.5.